The van der Waals surface area contributed by atoms with Crippen molar-refractivity contribution >= 4 is 15.9 Å². The lowest BCUT2D eigenvalue weighted by atomic mass is 10.1. The molecule has 0 aliphatic carbocycles. The van der Waals surface area contributed by atoms with Crippen LogP contribution in [-0.2, 0) is 0 Å². The van der Waals surface area contributed by atoms with Gasteiger partial charge in [0.15, 0.2) is 0 Å². The molecule has 0 bridgehead atoms. The van der Waals surface area contributed by atoms with Crippen LogP contribution in [0.5, 0.6) is 0 Å². The minimum atomic E-state index is 0. The molecule has 0 aromatic carbocycles. The topological polar surface area (TPSA) is 0 Å². The average Bonchev–Trinajstić information content (AvgIpc) is 2.30. The van der Waals surface area contributed by atoms with Gasteiger partial charge in [-0.25, -0.2) is 0 Å². The van der Waals surface area contributed by atoms with Crippen molar-refractivity contribution in [2.75, 3.05) is 32.0 Å². The fourth-order valence-electron chi connectivity index (χ4n) is 2.41. The monoisotopic (exact) mass is 385 g/mol. The van der Waals surface area contributed by atoms with Crippen LogP contribution in [0.1, 0.15) is 65.2 Å². The summed E-state index contributed by atoms with van der Waals surface area (Å²) in [5.74, 6) is 0. The Kier molecular flexibility index (Phi) is 16.9. The highest BCUT2D eigenvalue weighted by Crippen LogP contribution is 2.13. The van der Waals surface area contributed by atoms with Crippen LogP contribution in [0.4, 0.5) is 0 Å². The maximum atomic E-state index is 3.54. The molecule has 0 heterocycles. The number of hydrogen-bond donors (Lipinski definition) is 0. The SMILES string of the molecule is CCCCC[N+](C)(CCCCC)CCCCBr.[Br-]. The first-order chi connectivity index (χ1) is 8.18. The summed E-state index contributed by atoms with van der Waals surface area (Å²) in [4.78, 5) is 0. The molecule has 0 aliphatic rings. The summed E-state index contributed by atoms with van der Waals surface area (Å²) >= 11 is 3.54. The smallest absolute Gasteiger partial charge is 0.0784 e. The molecule has 0 aromatic rings. The van der Waals surface area contributed by atoms with Gasteiger partial charge >= 0.3 is 0 Å². The van der Waals surface area contributed by atoms with Crippen LogP contribution in [0.15, 0.2) is 0 Å². The Morgan fingerprint density at radius 2 is 1.11 bits per heavy atom. The van der Waals surface area contributed by atoms with Crippen molar-refractivity contribution in [1.29, 1.82) is 0 Å². The number of halogens is 2. The number of quaternary nitrogens is 1. The van der Waals surface area contributed by atoms with Gasteiger partial charge in [0.05, 0.1) is 26.7 Å². The molecule has 0 amide bonds. The second-order valence-electron chi connectivity index (χ2n) is 5.60. The molecule has 0 rings (SSSR count). The Bertz CT molecular complexity index is 136. The zero-order valence-electron chi connectivity index (χ0n) is 12.7. The second kappa shape index (κ2) is 14.3. The van der Waals surface area contributed by atoms with Crippen LogP contribution in [0.25, 0.3) is 0 Å². The molecule has 112 valence electrons. The van der Waals surface area contributed by atoms with E-state index in [1.54, 1.807) is 0 Å². The largest absolute Gasteiger partial charge is 1.00 e. The van der Waals surface area contributed by atoms with Crippen molar-refractivity contribution in [3.05, 3.63) is 0 Å². The van der Waals surface area contributed by atoms with Crippen molar-refractivity contribution in [3.8, 4) is 0 Å². The first-order valence-corrected chi connectivity index (χ1v) is 8.70. The number of nitrogens with zero attached hydrogens (tertiary/aromatic N) is 1. The molecule has 3 heteroatoms. The van der Waals surface area contributed by atoms with E-state index in [1.807, 2.05) is 0 Å². The summed E-state index contributed by atoms with van der Waals surface area (Å²) in [6.07, 6.45) is 11.0. The predicted octanol–water partition coefficient (Wildman–Crippen LogP) is 1.99. The van der Waals surface area contributed by atoms with E-state index in [4.69, 9.17) is 0 Å². The Labute approximate surface area is 134 Å². The summed E-state index contributed by atoms with van der Waals surface area (Å²) in [5.41, 5.74) is 0. The van der Waals surface area contributed by atoms with Gasteiger partial charge in [-0.2, -0.15) is 0 Å². The highest BCUT2D eigenvalue weighted by Gasteiger charge is 2.19. The van der Waals surface area contributed by atoms with Crippen LogP contribution in [0, 0.1) is 0 Å². The van der Waals surface area contributed by atoms with Crippen LogP contribution < -0.4 is 17.0 Å². The zero-order valence-corrected chi connectivity index (χ0v) is 15.9. The van der Waals surface area contributed by atoms with Gasteiger partial charge in [0.2, 0.25) is 0 Å². The lowest BCUT2D eigenvalue weighted by molar-refractivity contribution is -0.910. The van der Waals surface area contributed by atoms with Gasteiger partial charge in [-0.3, -0.25) is 0 Å². The normalized spacial score (nSPS) is 11.3. The van der Waals surface area contributed by atoms with E-state index in [0.717, 1.165) is 5.33 Å². The minimum Gasteiger partial charge on any atom is -1.00 e. The first-order valence-electron chi connectivity index (χ1n) is 7.58. The van der Waals surface area contributed by atoms with Crippen LogP contribution >= 0.6 is 15.9 Å². The molecule has 0 saturated heterocycles. The molecule has 0 fully saturated rings. The third-order valence-corrected chi connectivity index (χ3v) is 4.25. The van der Waals surface area contributed by atoms with E-state index in [-0.39, 0.29) is 17.0 Å². The summed E-state index contributed by atoms with van der Waals surface area (Å²) in [7, 11) is 2.47. The van der Waals surface area contributed by atoms with Crippen molar-refractivity contribution in [3.63, 3.8) is 0 Å². The summed E-state index contributed by atoms with van der Waals surface area (Å²) in [6.45, 7) is 8.75. The van der Waals surface area contributed by atoms with Crippen molar-refractivity contribution in [2.24, 2.45) is 0 Å². The van der Waals surface area contributed by atoms with E-state index in [0.29, 0.717) is 0 Å². The van der Waals surface area contributed by atoms with E-state index >= 15 is 0 Å². The number of hydrogen-bond acceptors (Lipinski definition) is 0. The Hall–Kier alpha value is 0.920. The molecule has 0 N–H and O–H groups in total. The molecule has 1 nitrogen and oxygen atoms in total. The third kappa shape index (κ3) is 12.0. The van der Waals surface area contributed by atoms with E-state index < -0.39 is 0 Å². The Morgan fingerprint density at radius 1 is 0.722 bits per heavy atom. The predicted molar refractivity (Wildman–Crippen MR) is 82.9 cm³/mol. The molecule has 0 aliphatic heterocycles. The van der Waals surface area contributed by atoms with Crippen LogP contribution in [-0.4, -0.2) is 36.5 Å². The lowest BCUT2D eigenvalue weighted by Crippen LogP contribution is -3.00. The van der Waals surface area contributed by atoms with Gasteiger partial charge in [0.25, 0.3) is 0 Å². The standard InChI is InChI=1S/C15H33BrN.BrH/c1-4-6-9-13-17(3,14-10-7-5-2)15-11-8-12-16;/h4-15H2,1-3H3;1H/q+1;/p-1. The molecular formula is C15H33Br2N. The fraction of sp³-hybridized carbons (Fsp3) is 1.00. The molecule has 0 spiro atoms. The van der Waals surface area contributed by atoms with Gasteiger partial charge in [0, 0.05) is 5.33 Å². The minimum absolute atomic E-state index is 0. The Balaban J connectivity index is 0. The Morgan fingerprint density at radius 3 is 1.44 bits per heavy atom. The molecule has 0 unspecified atom stereocenters. The van der Waals surface area contributed by atoms with Gasteiger partial charge in [-0.15, -0.1) is 0 Å². The molecule has 0 radical (unpaired) electrons. The summed E-state index contributed by atoms with van der Waals surface area (Å²) in [6, 6.07) is 0. The highest BCUT2D eigenvalue weighted by atomic mass is 79.9. The molecule has 0 saturated carbocycles. The summed E-state index contributed by atoms with van der Waals surface area (Å²) in [5, 5.41) is 1.16. The van der Waals surface area contributed by atoms with Gasteiger partial charge in [-0.05, 0) is 38.5 Å². The number of alkyl halides is 1. The maximum Gasteiger partial charge on any atom is 0.0784 e. The van der Waals surface area contributed by atoms with Gasteiger partial charge in [-0.1, -0.05) is 42.6 Å². The quantitative estimate of drug-likeness (QED) is 0.273. The van der Waals surface area contributed by atoms with Crippen LogP contribution in [0.2, 0.25) is 0 Å². The number of unbranched alkanes of at least 4 members (excludes halogenated alkanes) is 5. The van der Waals surface area contributed by atoms with Crippen molar-refractivity contribution in [1.82, 2.24) is 0 Å². The second-order valence-corrected chi connectivity index (χ2v) is 6.39. The number of rotatable bonds is 12. The third-order valence-electron chi connectivity index (χ3n) is 3.68. The summed E-state index contributed by atoms with van der Waals surface area (Å²) < 4.78 is 1.31. The van der Waals surface area contributed by atoms with Gasteiger partial charge < -0.3 is 21.5 Å². The molecule has 0 aromatic heterocycles. The highest BCUT2D eigenvalue weighted by molar-refractivity contribution is 9.09. The molecule has 0 atom stereocenters. The molecule has 18 heavy (non-hydrogen) atoms. The first kappa shape index (κ1) is 21.2. The lowest BCUT2D eigenvalue weighted by Gasteiger charge is -2.35. The zero-order chi connectivity index (χ0) is 13.0. The molecular weight excluding hydrogens is 354 g/mol. The average molecular weight is 387 g/mol. The van der Waals surface area contributed by atoms with Gasteiger partial charge in [0.1, 0.15) is 0 Å². The maximum absolute atomic E-state index is 3.54. The fourth-order valence-corrected chi connectivity index (χ4v) is 2.81. The van der Waals surface area contributed by atoms with Crippen molar-refractivity contribution in [2.45, 2.75) is 65.2 Å². The van der Waals surface area contributed by atoms with Crippen molar-refractivity contribution < 1.29 is 21.5 Å². The van der Waals surface area contributed by atoms with E-state index in [1.165, 1.54) is 75.5 Å². The van der Waals surface area contributed by atoms with Crippen LogP contribution in [0.3, 0.4) is 0 Å². The van der Waals surface area contributed by atoms with E-state index in [9.17, 15) is 0 Å². The van der Waals surface area contributed by atoms with E-state index in [2.05, 4.69) is 36.8 Å².